The molecular formula is C16H24N2O. The van der Waals surface area contributed by atoms with Gasteiger partial charge in [-0.2, -0.15) is 0 Å². The molecular weight excluding hydrogens is 236 g/mol. The molecule has 0 aliphatic carbocycles. The average molecular weight is 260 g/mol. The number of aliphatic hydroxyl groups is 1. The van der Waals surface area contributed by atoms with Crippen LogP contribution in [0.5, 0.6) is 0 Å². The van der Waals surface area contributed by atoms with Crippen LogP contribution in [-0.4, -0.2) is 49.3 Å². The molecule has 0 aromatic heterocycles. The van der Waals surface area contributed by atoms with Gasteiger partial charge in [0.15, 0.2) is 0 Å². The zero-order valence-electron chi connectivity index (χ0n) is 11.8. The Labute approximate surface area is 115 Å². The highest BCUT2D eigenvalue weighted by Crippen LogP contribution is 2.46. The number of hydrogen-bond acceptors (Lipinski definition) is 3. The summed E-state index contributed by atoms with van der Waals surface area (Å²) in [6.45, 7) is 7.87. The van der Waals surface area contributed by atoms with Gasteiger partial charge in [-0.1, -0.05) is 18.2 Å². The second-order valence-corrected chi connectivity index (χ2v) is 5.88. The van der Waals surface area contributed by atoms with Crippen molar-refractivity contribution in [2.24, 2.45) is 0 Å². The number of nitrogens with zero attached hydrogens (tertiary/aromatic N) is 2. The maximum absolute atomic E-state index is 9.06. The van der Waals surface area contributed by atoms with Gasteiger partial charge in [-0.25, -0.2) is 0 Å². The lowest BCUT2D eigenvalue weighted by atomic mass is 9.74. The van der Waals surface area contributed by atoms with E-state index in [2.05, 4.69) is 41.0 Å². The minimum absolute atomic E-state index is 0.282. The van der Waals surface area contributed by atoms with Crippen LogP contribution in [0, 0.1) is 0 Å². The summed E-state index contributed by atoms with van der Waals surface area (Å²) >= 11 is 0. The molecule has 0 bridgehead atoms. The molecule has 0 atom stereocenters. The fourth-order valence-corrected chi connectivity index (χ4v) is 3.79. The third kappa shape index (κ3) is 2.15. The van der Waals surface area contributed by atoms with Gasteiger partial charge in [0.05, 0.1) is 6.61 Å². The average Bonchev–Trinajstić information content (AvgIpc) is 2.77. The van der Waals surface area contributed by atoms with Crippen LogP contribution in [0.4, 0.5) is 5.69 Å². The number of para-hydroxylation sites is 1. The molecule has 1 saturated heterocycles. The van der Waals surface area contributed by atoms with E-state index in [4.69, 9.17) is 5.11 Å². The van der Waals surface area contributed by atoms with E-state index >= 15 is 0 Å². The van der Waals surface area contributed by atoms with Crippen molar-refractivity contribution in [3.8, 4) is 0 Å². The summed E-state index contributed by atoms with van der Waals surface area (Å²) < 4.78 is 0. The molecule has 1 fully saturated rings. The number of fused-ring (bicyclic) bond motifs is 2. The van der Waals surface area contributed by atoms with Gasteiger partial charge in [-0.15, -0.1) is 0 Å². The second-order valence-electron chi connectivity index (χ2n) is 5.88. The molecule has 1 spiro atoms. The molecule has 104 valence electrons. The number of benzene rings is 1. The second kappa shape index (κ2) is 5.14. The van der Waals surface area contributed by atoms with Gasteiger partial charge < -0.3 is 14.9 Å². The Morgan fingerprint density at radius 2 is 1.95 bits per heavy atom. The first kappa shape index (κ1) is 12.9. The maximum Gasteiger partial charge on any atom is 0.0558 e. The van der Waals surface area contributed by atoms with E-state index in [-0.39, 0.29) is 6.61 Å². The molecule has 0 amide bonds. The van der Waals surface area contributed by atoms with Crippen LogP contribution in [0.15, 0.2) is 24.3 Å². The molecule has 19 heavy (non-hydrogen) atoms. The largest absolute Gasteiger partial charge is 0.395 e. The lowest BCUT2D eigenvalue weighted by Gasteiger charge is -2.39. The summed E-state index contributed by atoms with van der Waals surface area (Å²) in [5.74, 6) is 0. The predicted octanol–water partition coefficient (Wildman–Crippen LogP) is 1.85. The van der Waals surface area contributed by atoms with Crippen molar-refractivity contribution in [1.29, 1.82) is 0 Å². The fraction of sp³-hybridized carbons (Fsp3) is 0.625. The first-order valence-electron chi connectivity index (χ1n) is 7.47. The molecule has 0 unspecified atom stereocenters. The third-order valence-electron chi connectivity index (χ3n) is 4.92. The van der Waals surface area contributed by atoms with Crippen LogP contribution < -0.4 is 4.90 Å². The molecule has 2 aliphatic rings. The van der Waals surface area contributed by atoms with Crippen molar-refractivity contribution in [2.45, 2.75) is 25.2 Å². The van der Waals surface area contributed by atoms with E-state index < -0.39 is 0 Å². The Hall–Kier alpha value is -1.06. The van der Waals surface area contributed by atoms with Gasteiger partial charge in [-0.05, 0) is 44.5 Å². The number of hydrogen-bond donors (Lipinski definition) is 1. The van der Waals surface area contributed by atoms with Crippen LogP contribution in [0.25, 0.3) is 0 Å². The summed E-state index contributed by atoms with van der Waals surface area (Å²) in [6, 6.07) is 8.93. The number of β-amino-alcohol motifs (C(OH)–C–C–N with tert-alkyl or cyclic N) is 1. The summed E-state index contributed by atoms with van der Waals surface area (Å²) in [7, 11) is 0. The molecule has 1 aromatic carbocycles. The molecule has 0 radical (unpaired) electrons. The van der Waals surface area contributed by atoms with Crippen molar-refractivity contribution in [2.75, 3.05) is 44.2 Å². The zero-order valence-corrected chi connectivity index (χ0v) is 11.8. The summed E-state index contributed by atoms with van der Waals surface area (Å²) in [5, 5.41) is 9.06. The number of anilines is 1. The van der Waals surface area contributed by atoms with Crippen molar-refractivity contribution in [3.63, 3.8) is 0 Å². The predicted molar refractivity (Wildman–Crippen MR) is 78.8 cm³/mol. The number of aliphatic hydroxyl groups excluding tert-OH is 1. The Balaban J connectivity index is 1.83. The monoisotopic (exact) mass is 260 g/mol. The van der Waals surface area contributed by atoms with Crippen LogP contribution >= 0.6 is 0 Å². The summed E-state index contributed by atoms with van der Waals surface area (Å²) in [5.41, 5.74) is 3.36. The Kier molecular flexibility index (Phi) is 3.50. The van der Waals surface area contributed by atoms with Crippen molar-refractivity contribution in [1.82, 2.24) is 4.90 Å². The highest BCUT2D eigenvalue weighted by atomic mass is 16.3. The van der Waals surface area contributed by atoms with Gasteiger partial charge in [0.25, 0.3) is 0 Å². The molecule has 3 nitrogen and oxygen atoms in total. The maximum atomic E-state index is 9.06. The summed E-state index contributed by atoms with van der Waals surface area (Å²) in [4.78, 5) is 4.92. The molecule has 2 heterocycles. The molecule has 2 aliphatic heterocycles. The van der Waals surface area contributed by atoms with Gasteiger partial charge in [0, 0.05) is 30.7 Å². The van der Waals surface area contributed by atoms with Crippen LogP contribution in [0.2, 0.25) is 0 Å². The van der Waals surface area contributed by atoms with Crippen molar-refractivity contribution < 1.29 is 5.11 Å². The van der Waals surface area contributed by atoms with Crippen LogP contribution in [0.1, 0.15) is 25.3 Å². The lowest BCUT2D eigenvalue weighted by molar-refractivity contribution is 0.136. The number of likely N-dealkylation sites (tertiary alicyclic amines) is 1. The number of likely N-dealkylation sites (N-methyl/N-ethyl adjacent to an activating group) is 1. The zero-order chi connectivity index (χ0) is 13.3. The normalized spacial score (nSPS) is 21.9. The Bertz CT molecular complexity index is 438. The van der Waals surface area contributed by atoms with Gasteiger partial charge in [0.2, 0.25) is 0 Å². The fourth-order valence-electron chi connectivity index (χ4n) is 3.79. The molecule has 1 aromatic rings. The van der Waals surface area contributed by atoms with Crippen LogP contribution in [-0.2, 0) is 5.41 Å². The molecule has 1 N–H and O–H groups in total. The van der Waals surface area contributed by atoms with Gasteiger partial charge >= 0.3 is 0 Å². The standard InChI is InChI=1S/C16H24N2O/c1-2-18-13-16(14-5-3-4-6-15(14)18)7-9-17(10-8-16)11-12-19/h3-6,19H,2,7-13H2,1H3. The Morgan fingerprint density at radius 1 is 1.21 bits per heavy atom. The van der Waals surface area contributed by atoms with Gasteiger partial charge in [0.1, 0.15) is 0 Å². The Morgan fingerprint density at radius 3 is 2.63 bits per heavy atom. The highest BCUT2D eigenvalue weighted by Gasteiger charge is 2.43. The minimum atomic E-state index is 0.282. The molecule has 3 heteroatoms. The lowest BCUT2D eigenvalue weighted by Crippen LogP contribution is -2.45. The quantitative estimate of drug-likeness (QED) is 0.898. The van der Waals surface area contributed by atoms with E-state index in [1.807, 2.05) is 0 Å². The van der Waals surface area contributed by atoms with E-state index in [0.717, 1.165) is 26.2 Å². The SMILES string of the molecule is CCN1CC2(CCN(CCO)CC2)c2ccccc21. The van der Waals surface area contributed by atoms with Crippen molar-refractivity contribution in [3.05, 3.63) is 29.8 Å². The minimum Gasteiger partial charge on any atom is -0.395 e. The van der Waals surface area contributed by atoms with E-state index in [1.165, 1.54) is 25.1 Å². The van der Waals surface area contributed by atoms with E-state index in [0.29, 0.717) is 5.41 Å². The van der Waals surface area contributed by atoms with E-state index in [1.54, 1.807) is 5.56 Å². The highest BCUT2D eigenvalue weighted by molar-refractivity contribution is 5.62. The molecule has 3 rings (SSSR count). The number of piperidine rings is 1. The van der Waals surface area contributed by atoms with Crippen LogP contribution in [0.3, 0.4) is 0 Å². The van der Waals surface area contributed by atoms with Crippen molar-refractivity contribution >= 4 is 5.69 Å². The topological polar surface area (TPSA) is 26.7 Å². The molecule has 0 saturated carbocycles. The third-order valence-corrected chi connectivity index (χ3v) is 4.92. The summed E-state index contributed by atoms with van der Waals surface area (Å²) in [6.07, 6.45) is 2.45. The van der Waals surface area contributed by atoms with E-state index in [9.17, 15) is 0 Å². The first-order valence-corrected chi connectivity index (χ1v) is 7.47. The number of rotatable bonds is 3. The smallest absolute Gasteiger partial charge is 0.0558 e. The first-order chi connectivity index (χ1) is 9.29. The van der Waals surface area contributed by atoms with Gasteiger partial charge in [-0.3, -0.25) is 0 Å².